The zero-order valence-electron chi connectivity index (χ0n) is 12.2. The van der Waals surface area contributed by atoms with Crippen molar-refractivity contribution >= 4 is 0 Å². The van der Waals surface area contributed by atoms with Gasteiger partial charge in [-0.25, -0.2) is 0 Å². The molecular weight excluding hydrogens is 289 g/mol. The molecule has 4 N–H and O–H groups in total. The minimum atomic E-state index is -4.54. The van der Waals surface area contributed by atoms with Gasteiger partial charge in [-0.3, -0.25) is 0 Å². The molecule has 118 valence electrons. The van der Waals surface area contributed by atoms with Crippen molar-refractivity contribution in [2.45, 2.75) is 25.2 Å². The van der Waals surface area contributed by atoms with Crippen molar-refractivity contribution in [1.82, 2.24) is 0 Å². The Morgan fingerprint density at radius 3 is 1.32 bits per heavy atom. The van der Waals surface area contributed by atoms with Crippen molar-refractivity contribution < 1.29 is 13.2 Å². The molecule has 0 aromatic heterocycles. The van der Waals surface area contributed by atoms with E-state index in [-0.39, 0.29) is 0 Å². The standard InChI is InChI=1S/C17H19F3N2/c1-16(17(18,19)20,14(21)12-8-4-2-5-9-12)15(22)13-10-6-3-7-11-13/h2-11,14-15H,21-22H2,1H3. The molecule has 22 heavy (non-hydrogen) atoms. The lowest BCUT2D eigenvalue weighted by molar-refractivity contribution is -0.234. The second-order valence-electron chi connectivity index (χ2n) is 5.56. The number of halogens is 3. The van der Waals surface area contributed by atoms with Gasteiger partial charge in [-0.15, -0.1) is 0 Å². The molecule has 0 spiro atoms. The van der Waals surface area contributed by atoms with Crippen LogP contribution in [0, 0.1) is 5.41 Å². The first-order valence-electron chi connectivity index (χ1n) is 6.96. The molecule has 0 saturated heterocycles. The first-order valence-corrected chi connectivity index (χ1v) is 6.96. The third-order valence-corrected chi connectivity index (χ3v) is 4.22. The molecule has 0 saturated carbocycles. The second kappa shape index (κ2) is 6.10. The van der Waals surface area contributed by atoms with E-state index >= 15 is 0 Å². The van der Waals surface area contributed by atoms with Gasteiger partial charge >= 0.3 is 6.18 Å². The third-order valence-electron chi connectivity index (χ3n) is 4.22. The van der Waals surface area contributed by atoms with Gasteiger partial charge in [-0.05, 0) is 18.1 Å². The molecule has 2 unspecified atom stereocenters. The summed E-state index contributed by atoms with van der Waals surface area (Å²) in [6.07, 6.45) is -4.54. The molecule has 0 fully saturated rings. The Labute approximate surface area is 127 Å². The molecule has 0 aliphatic carbocycles. The van der Waals surface area contributed by atoms with Crippen molar-refractivity contribution in [2.75, 3.05) is 0 Å². The lowest BCUT2D eigenvalue weighted by Gasteiger charge is -2.42. The Morgan fingerprint density at radius 2 is 1.05 bits per heavy atom. The van der Waals surface area contributed by atoms with Gasteiger partial charge in [0.25, 0.3) is 0 Å². The zero-order valence-corrected chi connectivity index (χ0v) is 12.2. The molecule has 0 aliphatic rings. The predicted molar refractivity (Wildman–Crippen MR) is 80.9 cm³/mol. The van der Waals surface area contributed by atoms with Crippen LogP contribution in [0.3, 0.4) is 0 Å². The van der Waals surface area contributed by atoms with Crippen LogP contribution in [0.2, 0.25) is 0 Å². The average Bonchev–Trinajstić information content (AvgIpc) is 2.53. The normalized spacial score (nSPS) is 17.5. The van der Waals surface area contributed by atoms with Gasteiger partial charge in [0.1, 0.15) is 5.41 Å². The minimum Gasteiger partial charge on any atom is -0.323 e. The molecule has 2 atom stereocenters. The van der Waals surface area contributed by atoms with Crippen LogP contribution >= 0.6 is 0 Å². The van der Waals surface area contributed by atoms with E-state index in [2.05, 4.69) is 0 Å². The van der Waals surface area contributed by atoms with Crippen LogP contribution in [-0.2, 0) is 0 Å². The molecule has 5 heteroatoms. The first kappa shape index (κ1) is 16.5. The fourth-order valence-corrected chi connectivity index (χ4v) is 2.56. The highest BCUT2D eigenvalue weighted by Gasteiger charge is 2.59. The quantitative estimate of drug-likeness (QED) is 0.898. The van der Waals surface area contributed by atoms with Crippen molar-refractivity contribution in [3.63, 3.8) is 0 Å². The molecule has 0 bridgehead atoms. The summed E-state index contributed by atoms with van der Waals surface area (Å²) in [6, 6.07) is 14.0. The van der Waals surface area contributed by atoms with Gasteiger partial charge in [0.15, 0.2) is 0 Å². The van der Waals surface area contributed by atoms with E-state index in [9.17, 15) is 13.2 Å². The number of rotatable bonds is 4. The number of benzene rings is 2. The number of nitrogens with two attached hydrogens (primary N) is 2. The van der Waals surface area contributed by atoms with E-state index in [1.807, 2.05) is 0 Å². The monoisotopic (exact) mass is 308 g/mol. The average molecular weight is 308 g/mol. The van der Waals surface area contributed by atoms with Gasteiger partial charge in [0.2, 0.25) is 0 Å². The Hall–Kier alpha value is -1.85. The fraction of sp³-hybridized carbons (Fsp3) is 0.294. The summed E-state index contributed by atoms with van der Waals surface area (Å²) in [6.45, 7) is 1.09. The van der Waals surface area contributed by atoms with Crippen molar-refractivity contribution in [3.05, 3.63) is 71.8 Å². The summed E-state index contributed by atoms with van der Waals surface area (Å²) >= 11 is 0. The largest absolute Gasteiger partial charge is 0.397 e. The van der Waals surface area contributed by atoms with Gasteiger partial charge < -0.3 is 11.5 Å². The summed E-state index contributed by atoms with van der Waals surface area (Å²) in [5.74, 6) is 0. The molecule has 2 rings (SSSR count). The van der Waals surface area contributed by atoms with Crippen LogP contribution in [0.5, 0.6) is 0 Å². The Balaban J connectivity index is 2.49. The maximum atomic E-state index is 13.8. The minimum absolute atomic E-state index is 0.411. The highest BCUT2D eigenvalue weighted by molar-refractivity contribution is 5.27. The Kier molecular flexibility index (Phi) is 4.58. The number of hydrogen-bond acceptors (Lipinski definition) is 2. The summed E-state index contributed by atoms with van der Waals surface area (Å²) in [7, 11) is 0. The van der Waals surface area contributed by atoms with E-state index in [0.29, 0.717) is 11.1 Å². The summed E-state index contributed by atoms with van der Waals surface area (Å²) in [5.41, 5.74) is 10.5. The summed E-state index contributed by atoms with van der Waals surface area (Å²) < 4.78 is 41.4. The Bertz CT molecular complexity index is 551. The van der Waals surface area contributed by atoms with Crippen LogP contribution in [0.4, 0.5) is 13.2 Å². The van der Waals surface area contributed by atoms with Gasteiger partial charge in [0, 0.05) is 12.1 Å². The van der Waals surface area contributed by atoms with Crippen LogP contribution in [0.1, 0.15) is 30.1 Å². The molecule has 0 radical (unpaired) electrons. The SMILES string of the molecule is CC(C(N)c1ccccc1)(C(N)c1ccccc1)C(F)(F)F. The highest BCUT2D eigenvalue weighted by atomic mass is 19.4. The maximum absolute atomic E-state index is 13.8. The summed E-state index contributed by atoms with van der Waals surface area (Å²) in [4.78, 5) is 0. The van der Waals surface area contributed by atoms with E-state index in [0.717, 1.165) is 6.92 Å². The molecule has 0 aliphatic heterocycles. The molecule has 0 heterocycles. The molecule has 2 nitrogen and oxygen atoms in total. The molecule has 2 aromatic rings. The van der Waals surface area contributed by atoms with Crippen LogP contribution in [-0.4, -0.2) is 6.18 Å². The second-order valence-corrected chi connectivity index (χ2v) is 5.56. The maximum Gasteiger partial charge on any atom is 0.397 e. The lowest BCUT2D eigenvalue weighted by atomic mass is 9.70. The molecular formula is C17H19F3N2. The number of alkyl halides is 3. The fourth-order valence-electron chi connectivity index (χ4n) is 2.56. The smallest absolute Gasteiger partial charge is 0.323 e. The van der Waals surface area contributed by atoms with Gasteiger partial charge in [0.05, 0.1) is 0 Å². The topological polar surface area (TPSA) is 52.0 Å². The van der Waals surface area contributed by atoms with E-state index < -0.39 is 23.7 Å². The van der Waals surface area contributed by atoms with Crippen LogP contribution < -0.4 is 11.5 Å². The van der Waals surface area contributed by atoms with E-state index in [4.69, 9.17) is 11.5 Å². The van der Waals surface area contributed by atoms with Crippen LogP contribution in [0.25, 0.3) is 0 Å². The predicted octanol–water partition coefficient (Wildman–Crippen LogP) is 3.96. The van der Waals surface area contributed by atoms with Gasteiger partial charge in [-0.1, -0.05) is 60.7 Å². The highest BCUT2D eigenvalue weighted by Crippen LogP contribution is 2.52. The Morgan fingerprint density at radius 1 is 0.727 bits per heavy atom. The molecule has 0 amide bonds. The number of hydrogen-bond donors (Lipinski definition) is 2. The van der Waals surface area contributed by atoms with Crippen molar-refractivity contribution in [2.24, 2.45) is 16.9 Å². The van der Waals surface area contributed by atoms with Crippen molar-refractivity contribution in [3.8, 4) is 0 Å². The van der Waals surface area contributed by atoms with Gasteiger partial charge in [-0.2, -0.15) is 13.2 Å². The molecule has 2 aromatic carbocycles. The van der Waals surface area contributed by atoms with Crippen molar-refractivity contribution in [1.29, 1.82) is 0 Å². The van der Waals surface area contributed by atoms with E-state index in [1.165, 1.54) is 0 Å². The lowest BCUT2D eigenvalue weighted by Crippen LogP contribution is -2.51. The summed E-state index contributed by atoms with van der Waals surface area (Å²) in [5, 5.41) is 0. The zero-order chi connectivity index (χ0) is 16.4. The van der Waals surface area contributed by atoms with E-state index in [1.54, 1.807) is 60.7 Å². The third kappa shape index (κ3) is 2.87. The first-order chi connectivity index (χ1) is 10.3. The van der Waals surface area contributed by atoms with Crippen LogP contribution in [0.15, 0.2) is 60.7 Å².